The molecule has 5 heteroatoms. The highest BCUT2D eigenvalue weighted by molar-refractivity contribution is 5.92. The van der Waals surface area contributed by atoms with E-state index in [1.165, 1.54) is 6.42 Å². The number of rotatable bonds is 4. The Kier molecular flexibility index (Phi) is 5.38. The summed E-state index contributed by atoms with van der Waals surface area (Å²) in [6.07, 6.45) is 4.34. The van der Waals surface area contributed by atoms with Gasteiger partial charge in [0.2, 0.25) is 5.91 Å². The number of nitrogens with one attached hydrogen (secondary N) is 1. The van der Waals surface area contributed by atoms with Crippen LogP contribution in [0.25, 0.3) is 0 Å². The van der Waals surface area contributed by atoms with E-state index in [1.807, 2.05) is 12.1 Å². The monoisotopic (exact) mass is 277 g/mol. The number of amides is 1. The molecule has 5 nitrogen and oxygen atoms in total. The van der Waals surface area contributed by atoms with E-state index >= 15 is 0 Å². The summed E-state index contributed by atoms with van der Waals surface area (Å²) in [5.74, 6) is -0.0593. The van der Waals surface area contributed by atoms with Crippen LogP contribution >= 0.6 is 0 Å². The molecule has 0 radical (unpaired) electrons. The van der Waals surface area contributed by atoms with Gasteiger partial charge < -0.3 is 16.2 Å². The van der Waals surface area contributed by atoms with Crippen LogP contribution in [0.3, 0.4) is 0 Å². The summed E-state index contributed by atoms with van der Waals surface area (Å²) in [4.78, 5) is 14.2. The maximum absolute atomic E-state index is 12.1. The molecule has 1 atom stereocenters. The lowest BCUT2D eigenvalue weighted by Gasteiger charge is -2.27. The van der Waals surface area contributed by atoms with Crippen molar-refractivity contribution >= 4 is 17.3 Å². The fourth-order valence-corrected chi connectivity index (χ4v) is 2.65. The van der Waals surface area contributed by atoms with Crippen molar-refractivity contribution in [2.45, 2.75) is 31.7 Å². The Morgan fingerprint density at radius 1 is 1.40 bits per heavy atom. The second-order valence-corrected chi connectivity index (χ2v) is 5.33. The van der Waals surface area contributed by atoms with Gasteiger partial charge in [-0.15, -0.1) is 0 Å². The molecule has 1 heterocycles. The van der Waals surface area contributed by atoms with E-state index in [0.717, 1.165) is 25.8 Å². The SMILES string of the molecule is Nc1cccc(NC(=O)CN2CCCCCC2CO)c1. The second kappa shape index (κ2) is 7.26. The number of nitrogen functional groups attached to an aromatic ring is 1. The first-order valence-electron chi connectivity index (χ1n) is 7.19. The maximum atomic E-state index is 12.1. The molecule has 1 aromatic rings. The number of nitrogens with zero attached hydrogens (tertiary/aromatic N) is 1. The number of hydrogen-bond acceptors (Lipinski definition) is 4. The lowest BCUT2D eigenvalue weighted by atomic mass is 10.1. The predicted molar refractivity (Wildman–Crippen MR) is 80.4 cm³/mol. The van der Waals surface area contributed by atoms with Crippen molar-refractivity contribution in [1.82, 2.24) is 4.90 Å². The zero-order valence-corrected chi connectivity index (χ0v) is 11.7. The summed E-state index contributed by atoms with van der Waals surface area (Å²) < 4.78 is 0. The van der Waals surface area contributed by atoms with Gasteiger partial charge in [-0.25, -0.2) is 0 Å². The van der Waals surface area contributed by atoms with Crippen molar-refractivity contribution in [2.75, 3.05) is 30.7 Å². The van der Waals surface area contributed by atoms with Crippen LogP contribution < -0.4 is 11.1 Å². The van der Waals surface area contributed by atoms with E-state index in [1.54, 1.807) is 12.1 Å². The topological polar surface area (TPSA) is 78.6 Å². The van der Waals surface area contributed by atoms with Gasteiger partial charge in [0, 0.05) is 17.4 Å². The van der Waals surface area contributed by atoms with Crippen LogP contribution in [0.2, 0.25) is 0 Å². The van der Waals surface area contributed by atoms with Crippen molar-refractivity contribution in [3.63, 3.8) is 0 Å². The van der Waals surface area contributed by atoms with Gasteiger partial charge in [0.1, 0.15) is 0 Å². The van der Waals surface area contributed by atoms with Crippen molar-refractivity contribution < 1.29 is 9.90 Å². The van der Waals surface area contributed by atoms with Gasteiger partial charge in [-0.05, 0) is 37.6 Å². The molecule has 0 spiro atoms. The molecule has 4 N–H and O–H groups in total. The third-order valence-electron chi connectivity index (χ3n) is 3.73. The highest BCUT2D eigenvalue weighted by Crippen LogP contribution is 2.17. The second-order valence-electron chi connectivity index (χ2n) is 5.33. The number of aliphatic hydroxyl groups is 1. The Morgan fingerprint density at radius 3 is 3.00 bits per heavy atom. The number of hydrogen-bond donors (Lipinski definition) is 3. The Morgan fingerprint density at radius 2 is 2.25 bits per heavy atom. The Hall–Kier alpha value is -1.59. The van der Waals surface area contributed by atoms with E-state index < -0.39 is 0 Å². The third-order valence-corrected chi connectivity index (χ3v) is 3.73. The van der Waals surface area contributed by atoms with Crippen LogP contribution in [0.15, 0.2) is 24.3 Å². The van der Waals surface area contributed by atoms with Gasteiger partial charge in [-0.2, -0.15) is 0 Å². The van der Waals surface area contributed by atoms with E-state index in [0.29, 0.717) is 17.9 Å². The minimum absolute atomic E-state index is 0.0593. The molecule has 1 fully saturated rings. The molecule has 1 unspecified atom stereocenters. The van der Waals surface area contributed by atoms with Crippen molar-refractivity contribution in [2.24, 2.45) is 0 Å². The fraction of sp³-hybridized carbons (Fsp3) is 0.533. The van der Waals surface area contributed by atoms with E-state index in [9.17, 15) is 9.90 Å². The van der Waals surface area contributed by atoms with Crippen LogP contribution in [-0.2, 0) is 4.79 Å². The number of carbonyl (C=O) groups excluding carboxylic acids is 1. The zero-order valence-electron chi connectivity index (χ0n) is 11.7. The summed E-state index contributed by atoms with van der Waals surface area (Å²) in [7, 11) is 0. The molecule has 1 amide bonds. The van der Waals surface area contributed by atoms with Crippen LogP contribution in [-0.4, -0.2) is 41.7 Å². The summed E-state index contributed by atoms with van der Waals surface area (Å²) in [5, 5.41) is 12.3. The van der Waals surface area contributed by atoms with Gasteiger partial charge >= 0.3 is 0 Å². The predicted octanol–water partition coefficient (Wildman–Crippen LogP) is 1.44. The number of nitrogens with two attached hydrogens (primary N) is 1. The fourth-order valence-electron chi connectivity index (χ4n) is 2.65. The minimum atomic E-state index is -0.0593. The van der Waals surface area contributed by atoms with Crippen LogP contribution in [0.1, 0.15) is 25.7 Å². The number of carbonyl (C=O) groups is 1. The van der Waals surface area contributed by atoms with Crippen molar-refractivity contribution in [3.8, 4) is 0 Å². The molecule has 0 saturated carbocycles. The summed E-state index contributed by atoms with van der Waals surface area (Å²) in [5.41, 5.74) is 7.03. The Balaban J connectivity index is 1.92. The first-order valence-corrected chi connectivity index (χ1v) is 7.19. The van der Waals surface area contributed by atoms with Crippen LogP contribution in [0.5, 0.6) is 0 Å². The average molecular weight is 277 g/mol. The molecule has 0 bridgehead atoms. The number of benzene rings is 1. The molecule has 20 heavy (non-hydrogen) atoms. The lowest BCUT2D eigenvalue weighted by Crippen LogP contribution is -2.42. The molecule has 1 aliphatic heterocycles. The average Bonchev–Trinajstić information content (AvgIpc) is 2.63. The van der Waals surface area contributed by atoms with Gasteiger partial charge in [0.25, 0.3) is 0 Å². The summed E-state index contributed by atoms with van der Waals surface area (Å²) in [6, 6.07) is 7.26. The highest BCUT2D eigenvalue weighted by Gasteiger charge is 2.22. The van der Waals surface area contributed by atoms with E-state index in [4.69, 9.17) is 5.73 Å². The molecule has 0 aromatic heterocycles. The van der Waals surface area contributed by atoms with Crippen molar-refractivity contribution in [1.29, 1.82) is 0 Å². The van der Waals surface area contributed by atoms with E-state index in [2.05, 4.69) is 10.2 Å². The summed E-state index contributed by atoms with van der Waals surface area (Å²) in [6.45, 7) is 1.31. The molecule has 1 saturated heterocycles. The molecular formula is C15H23N3O2. The van der Waals surface area contributed by atoms with Crippen LogP contribution in [0, 0.1) is 0 Å². The highest BCUT2D eigenvalue weighted by atomic mass is 16.3. The molecule has 110 valence electrons. The molecule has 2 rings (SSSR count). The largest absolute Gasteiger partial charge is 0.399 e. The number of likely N-dealkylation sites (tertiary alicyclic amines) is 1. The third kappa shape index (κ3) is 4.21. The first-order chi connectivity index (χ1) is 9.69. The zero-order chi connectivity index (χ0) is 14.4. The molecular weight excluding hydrogens is 254 g/mol. The standard InChI is InChI=1S/C15H23N3O2/c16-12-5-4-6-13(9-12)17-15(20)10-18-8-3-1-2-7-14(18)11-19/h4-6,9,14,19H,1-3,7-8,10-11,16H2,(H,17,20). The first kappa shape index (κ1) is 14.8. The van der Waals surface area contributed by atoms with Crippen molar-refractivity contribution in [3.05, 3.63) is 24.3 Å². The Labute approximate surface area is 119 Å². The smallest absolute Gasteiger partial charge is 0.238 e. The summed E-state index contributed by atoms with van der Waals surface area (Å²) >= 11 is 0. The maximum Gasteiger partial charge on any atom is 0.238 e. The molecule has 1 aromatic carbocycles. The van der Waals surface area contributed by atoms with Gasteiger partial charge in [0.05, 0.1) is 13.2 Å². The number of anilines is 2. The molecule has 1 aliphatic rings. The Bertz CT molecular complexity index is 450. The van der Waals surface area contributed by atoms with E-state index in [-0.39, 0.29) is 18.6 Å². The lowest BCUT2D eigenvalue weighted by molar-refractivity contribution is -0.118. The molecule has 0 aliphatic carbocycles. The number of aliphatic hydroxyl groups excluding tert-OH is 1. The van der Waals surface area contributed by atoms with Gasteiger partial charge in [0.15, 0.2) is 0 Å². The minimum Gasteiger partial charge on any atom is -0.399 e. The van der Waals surface area contributed by atoms with Crippen LogP contribution in [0.4, 0.5) is 11.4 Å². The normalized spacial score (nSPS) is 20.4. The van der Waals surface area contributed by atoms with Gasteiger partial charge in [-0.3, -0.25) is 9.69 Å². The van der Waals surface area contributed by atoms with Gasteiger partial charge in [-0.1, -0.05) is 18.9 Å². The quantitative estimate of drug-likeness (QED) is 0.728.